The highest BCUT2D eigenvalue weighted by Crippen LogP contribution is 2.20. The van der Waals surface area contributed by atoms with Crippen LogP contribution >= 0.6 is 0 Å². The normalized spacial score (nSPS) is 21.7. The minimum absolute atomic E-state index is 0.186. The number of hydrogen-bond acceptors (Lipinski definition) is 4. The fourth-order valence-corrected chi connectivity index (χ4v) is 2.94. The van der Waals surface area contributed by atoms with Gasteiger partial charge in [-0.3, -0.25) is 4.98 Å². The maximum atomic E-state index is 11.9. The summed E-state index contributed by atoms with van der Waals surface area (Å²) in [6.45, 7) is 8.50. The molecule has 23 heavy (non-hydrogen) atoms. The fourth-order valence-electron chi connectivity index (χ4n) is 2.94. The molecule has 2 atom stereocenters. The second-order valence-electron chi connectivity index (χ2n) is 7.34. The van der Waals surface area contributed by atoms with Crippen molar-refractivity contribution >= 4 is 6.09 Å². The van der Waals surface area contributed by atoms with Crippen molar-refractivity contribution in [2.45, 2.75) is 77.6 Å². The molecule has 0 aliphatic heterocycles. The number of alkyl carbamates (subject to hydrolysis) is 1. The van der Waals surface area contributed by atoms with E-state index in [0.29, 0.717) is 6.04 Å². The van der Waals surface area contributed by atoms with Crippen LogP contribution in [0.5, 0.6) is 0 Å². The summed E-state index contributed by atoms with van der Waals surface area (Å²) in [5, 5.41) is 6.60. The van der Waals surface area contributed by atoms with Gasteiger partial charge in [0, 0.05) is 30.5 Å². The van der Waals surface area contributed by atoms with Crippen LogP contribution in [-0.2, 0) is 11.3 Å². The van der Waals surface area contributed by atoms with Crippen molar-refractivity contribution in [1.82, 2.24) is 15.6 Å². The molecule has 2 N–H and O–H groups in total. The minimum Gasteiger partial charge on any atom is -0.444 e. The number of pyridine rings is 1. The Morgan fingerprint density at radius 1 is 1.35 bits per heavy atom. The maximum absolute atomic E-state index is 11.9. The Balaban J connectivity index is 1.79. The third kappa shape index (κ3) is 6.18. The lowest BCUT2D eigenvalue weighted by Crippen LogP contribution is -2.45. The van der Waals surface area contributed by atoms with Gasteiger partial charge >= 0.3 is 6.09 Å². The Kier molecular flexibility index (Phi) is 5.99. The van der Waals surface area contributed by atoms with Gasteiger partial charge in [-0.15, -0.1) is 0 Å². The molecule has 1 saturated carbocycles. The van der Waals surface area contributed by atoms with Crippen LogP contribution in [0.3, 0.4) is 0 Å². The molecule has 1 fully saturated rings. The number of aryl methyl sites for hydroxylation is 1. The molecular formula is C18H29N3O2. The van der Waals surface area contributed by atoms with Crippen molar-refractivity contribution in [3.63, 3.8) is 0 Å². The molecule has 0 saturated heterocycles. The van der Waals surface area contributed by atoms with Crippen LogP contribution in [-0.4, -0.2) is 28.8 Å². The number of hydrogen-bond donors (Lipinski definition) is 2. The Morgan fingerprint density at radius 2 is 2.09 bits per heavy atom. The Hall–Kier alpha value is -1.62. The highest BCUT2D eigenvalue weighted by molar-refractivity contribution is 5.68. The lowest BCUT2D eigenvalue weighted by atomic mass is 9.91. The second kappa shape index (κ2) is 7.77. The molecule has 5 nitrogen and oxygen atoms in total. The first-order valence-corrected chi connectivity index (χ1v) is 8.47. The zero-order valence-electron chi connectivity index (χ0n) is 14.7. The molecule has 1 aliphatic rings. The summed E-state index contributed by atoms with van der Waals surface area (Å²) in [5.41, 5.74) is 1.85. The Bertz CT molecular complexity index is 525. The number of ether oxygens (including phenoxy) is 1. The van der Waals surface area contributed by atoms with E-state index < -0.39 is 5.60 Å². The third-order valence-corrected chi connectivity index (χ3v) is 4.09. The lowest BCUT2D eigenvalue weighted by Gasteiger charge is -2.31. The zero-order chi connectivity index (χ0) is 16.9. The topological polar surface area (TPSA) is 63.2 Å². The van der Waals surface area contributed by atoms with E-state index >= 15 is 0 Å². The first kappa shape index (κ1) is 17.7. The standard InChI is InChI=1S/C18H29N3O2/c1-13-14(7-6-10-19-13)12-20-15-8-5-9-16(11-15)21-17(22)23-18(2,3)4/h6-7,10,15-16,20H,5,8-9,11-12H2,1-4H3,(H,21,22)/t15-,16-/m1/s1. The van der Waals surface area contributed by atoms with Crippen LogP contribution in [0.15, 0.2) is 18.3 Å². The summed E-state index contributed by atoms with van der Waals surface area (Å²) < 4.78 is 5.34. The molecule has 0 aromatic carbocycles. The number of rotatable bonds is 4. The Labute approximate surface area is 139 Å². The predicted octanol–water partition coefficient (Wildman–Crippen LogP) is 3.32. The number of aromatic nitrogens is 1. The predicted molar refractivity (Wildman–Crippen MR) is 91.2 cm³/mol. The summed E-state index contributed by atoms with van der Waals surface area (Å²) >= 11 is 0. The van der Waals surface area contributed by atoms with Crippen LogP contribution in [0.1, 0.15) is 57.7 Å². The van der Waals surface area contributed by atoms with Crippen LogP contribution in [0.25, 0.3) is 0 Å². The van der Waals surface area contributed by atoms with Crippen molar-refractivity contribution in [2.75, 3.05) is 0 Å². The number of carbonyl (C=O) groups excluding carboxylic acids is 1. The van der Waals surface area contributed by atoms with E-state index in [0.717, 1.165) is 37.9 Å². The van der Waals surface area contributed by atoms with Crippen molar-refractivity contribution in [3.05, 3.63) is 29.6 Å². The average Bonchev–Trinajstić information content (AvgIpc) is 2.45. The molecule has 2 rings (SSSR count). The number of nitrogens with zero attached hydrogens (tertiary/aromatic N) is 1. The summed E-state index contributed by atoms with van der Waals surface area (Å²) in [4.78, 5) is 16.2. The number of amides is 1. The van der Waals surface area contributed by atoms with E-state index in [1.165, 1.54) is 5.56 Å². The Morgan fingerprint density at radius 3 is 2.78 bits per heavy atom. The van der Waals surface area contributed by atoms with Crippen LogP contribution in [0, 0.1) is 6.92 Å². The van der Waals surface area contributed by atoms with Crippen molar-refractivity contribution in [3.8, 4) is 0 Å². The maximum Gasteiger partial charge on any atom is 0.407 e. The smallest absolute Gasteiger partial charge is 0.407 e. The summed E-state index contributed by atoms with van der Waals surface area (Å²) in [5.74, 6) is 0. The third-order valence-electron chi connectivity index (χ3n) is 4.09. The SMILES string of the molecule is Cc1ncccc1CN[C@@H]1CCC[C@@H](NC(=O)OC(C)(C)C)C1. The average molecular weight is 319 g/mol. The molecule has 1 heterocycles. The molecule has 128 valence electrons. The first-order valence-electron chi connectivity index (χ1n) is 8.47. The fraction of sp³-hybridized carbons (Fsp3) is 0.667. The van der Waals surface area contributed by atoms with Gasteiger partial charge in [0.2, 0.25) is 0 Å². The van der Waals surface area contributed by atoms with Gasteiger partial charge in [0.15, 0.2) is 0 Å². The quantitative estimate of drug-likeness (QED) is 0.893. The molecular weight excluding hydrogens is 290 g/mol. The number of carbonyl (C=O) groups is 1. The van der Waals surface area contributed by atoms with Gasteiger partial charge < -0.3 is 15.4 Å². The zero-order valence-corrected chi connectivity index (χ0v) is 14.7. The van der Waals surface area contributed by atoms with E-state index in [4.69, 9.17) is 4.74 Å². The van der Waals surface area contributed by atoms with Crippen molar-refractivity contribution in [1.29, 1.82) is 0 Å². The van der Waals surface area contributed by atoms with Crippen molar-refractivity contribution < 1.29 is 9.53 Å². The number of nitrogens with one attached hydrogen (secondary N) is 2. The van der Waals surface area contributed by atoms with Gasteiger partial charge in [-0.1, -0.05) is 6.07 Å². The highest BCUT2D eigenvalue weighted by Gasteiger charge is 2.25. The largest absolute Gasteiger partial charge is 0.444 e. The van der Waals surface area contributed by atoms with E-state index in [1.54, 1.807) is 0 Å². The molecule has 0 radical (unpaired) electrons. The second-order valence-corrected chi connectivity index (χ2v) is 7.34. The van der Waals surface area contributed by atoms with E-state index in [9.17, 15) is 4.79 Å². The van der Waals surface area contributed by atoms with Crippen molar-refractivity contribution in [2.24, 2.45) is 0 Å². The van der Waals surface area contributed by atoms with Gasteiger partial charge in [0.25, 0.3) is 0 Å². The summed E-state index contributed by atoms with van der Waals surface area (Å²) in [6, 6.07) is 4.68. The highest BCUT2D eigenvalue weighted by atomic mass is 16.6. The summed E-state index contributed by atoms with van der Waals surface area (Å²) in [6.07, 6.45) is 5.73. The van der Waals surface area contributed by atoms with Gasteiger partial charge in [-0.05, 0) is 65.0 Å². The first-order chi connectivity index (χ1) is 10.8. The molecule has 1 aromatic rings. The van der Waals surface area contributed by atoms with Gasteiger partial charge in [-0.25, -0.2) is 4.79 Å². The van der Waals surface area contributed by atoms with Gasteiger partial charge in [0.1, 0.15) is 5.60 Å². The van der Waals surface area contributed by atoms with Gasteiger partial charge in [-0.2, -0.15) is 0 Å². The molecule has 0 bridgehead atoms. The van der Waals surface area contributed by atoms with Crippen LogP contribution < -0.4 is 10.6 Å². The lowest BCUT2D eigenvalue weighted by molar-refractivity contribution is 0.0488. The van der Waals surface area contributed by atoms with E-state index in [2.05, 4.69) is 21.7 Å². The molecule has 5 heteroatoms. The van der Waals surface area contributed by atoms with E-state index in [1.807, 2.05) is 40.0 Å². The molecule has 1 amide bonds. The molecule has 1 aliphatic carbocycles. The molecule has 0 spiro atoms. The van der Waals surface area contributed by atoms with Gasteiger partial charge in [0.05, 0.1) is 0 Å². The monoisotopic (exact) mass is 319 g/mol. The van der Waals surface area contributed by atoms with E-state index in [-0.39, 0.29) is 12.1 Å². The van der Waals surface area contributed by atoms with Crippen LogP contribution in [0.2, 0.25) is 0 Å². The summed E-state index contributed by atoms with van der Waals surface area (Å²) in [7, 11) is 0. The molecule has 1 aromatic heterocycles. The molecule has 0 unspecified atom stereocenters. The van der Waals surface area contributed by atoms with Crippen LogP contribution in [0.4, 0.5) is 4.79 Å². The minimum atomic E-state index is -0.450.